The zero-order valence-electron chi connectivity index (χ0n) is 11.6. The molecule has 0 aromatic carbocycles. The van der Waals surface area contributed by atoms with Crippen LogP contribution in [0, 0.1) is 0 Å². The number of carbonyl (C=O) groups excluding carboxylic acids is 1. The highest BCUT2D eigenvalue weighted by Gasteiger charge is 2.28. The summed E-state index contributed by atoms with van der Waals surface area (Å²) >= 11 is 0. The molecule has 2 atom stereocenters. The zero-order chi connectivity index (χ0) is 13.7. The third kappa shape index (κ3) is 4.06. The average molecular weight is 271 g/mol. The molecule has 0 spiro atoms. The van der Waals surface area contributed by atoms with Gasteiger partial charge >= 0.3 is 6.09 Å². The van der Waals surface area contributed by atoms with Crippen molar-refractivity contribution in [3.8, 4) is 0 Å². The largest absolute Gasteiger partial charge is 0.450 e. The first-order chi connectivity index (χ1) is 9.20. The number of nitrogens with one attached hydrogen (secondary N) is 2. The number of hydrogen-bond donors (Lipinski definition) is 3. The molecule has 0 saturated carbocycles. The highest BCUT2D eigenvalue weighted by atomic mass is 16.6. The Bertz CT molecular complexity index is 293. The predicted molar refractivity (Wildman–Crippen MR) is 72.0 cm³/mol. The molecule has 1 amide bonds. The van der Waals surface area contributed by atoms with Crippen molar-refractivity contribution in [1.29, 1.82) is 0 Å². The van der Waals surface area contributed by atoms with Gasteiger partial charge in [-0.2, -0.15) is 0 Å². The lowest BCUT2D eigenvalue weighted by Gasteiger charge is -2.37. The summed E-state index contributed by atoms with van der Waals surface area (Å²) in [5, 5.41) is 16.7. The van der Waals surface area contributed by atoms with Crippen LogP contribution in [-0.2, 0) is 4.74 Å². The second-order valence-corrected chi connectivity index (χ2v) is 5.29. The Morgan fingerprint density at radius 1 is 1.42 bits per heavy atom. The first-order valence-corrected chi connectivity index (χ1v) is 7.27. The number of aliphatic hydroxyl groups is 1. The van der Waals surface area contributed by atoms with Gasteiger partial charge in [0.05, 0.1) is 12.7 Å². The van der Waals surface area contributed by atoms with Gasteiger partial charge in [-0.1, -0.05) is 0 Å². The molecule has 0 bridgehead atoms. The van der Waals surface area contributed by atoms with E-state index >= 15 is 0 Å². The number of hydrogen-bond acceptors (Lipinski definition) is 5. The number of nitrogens with zero attached hydrogens (tertiary/aromatic N) is 1. The van der Waals surface area contributed by atoms with Crippen molar-refractivity contribution in [2.24, 2.45) is 0 Å². The van der Waals surface area contributed by atoms with Crippen molar-refractivity contribution in [2.75, 3.05) is 32.8 Å². The Morgan fingerprint density at radius 3 is 2.79 bits per heavy atom. The van der Waals surface area contributed by atoms with Crippen LogP contribution in [0.4, 0.5) is 4.79 Å². The van der Waals surface area contributed by atoms with Gasteiger partial charge in [-0.3, -0.25) is 0 Å². The quantitative estimate of drug-likeness (QED) is 0.669. The van der Waals surface area contributed by atoms with E-state index in [1.165, 1.54) is 0 Å². The number of carbonyl (C=O) groups is 1. The molecule has 2 aliphatic rings. The van der Waals surface area contributed by atoms with Crippen LogP contribution in [0.5, 0.6) is 0 Å². The molecule has 3 N–H and O–H groups in total. The minimum absolute atomic E-state index is 0.132. The number of amides is 1. The minimum Gasteiger partial charge on any atom is -0.450 e. The fourth-order valence-electron chi connectivity index (χ4n) is 2.76. The van der Waals surface area contributed by atoms with Gasteiger partial charge in [0.25, 0.3) is 0 Å². The molecule has 19 heavy (non-hydrogen) atoms. The standard InChI is InChI=1S/C13H25N3O3/c1-2-19-13(18)16-7-4-10(5-8-16)15-11-9-14-6-3-12(11)17/h10-12,14-15,17H,2-9H2,1H3/t11-,12+/m0/s1. The maximum atomic E-state index is 11.6. The van der Waals surface area contributed by atoms with Gasteiger partial charge in [0.2, 0.25) is 0 Å². The molecule has 110 valence electrons. The van der Waals surface area contributed by atoms with Gasteiger partial charge in [-0.25, -0.2) is 4.79 Å². The van der Waals surface area contributed by atoms with Gasteiger partial charge in [0.15, 0.2) is 0 Å². The van der Waals surface area contributed by atoms with E-state index in [0.29, 0.717) is 12.6 Å². The van der Waals surface area contributed by atoms with E-state index in [2.05, 4.69) is 10.6 Å². The SMILES string of the molecule is CCOC(=O)N1CCC(N[C@H]2CNCC[C@H]2O)CC1. The first-order valence-electron chi connectivity index (χ1n) is 7.27. The average Bonchev–Trinajstić information content (AvgIpc) is 2.42. The molecular weight excluding hydrogens is 246 g/mol. The third-order valence-corrected chi connectivity index (χ3v) is 3.92. The lowest BCUT2D eigenvalue weighted by molar-refractivity contribution is 0.0751. The van der Waals surface area contributed by atoms with E-state index in [-0.39, 0.29) is 18.2 Å². The van der Waals surface area contributed by atoms with Crippen molar-refractivity contribution >= 4 is 6.09 Å². The summed E-state index contributed by atoms with van der Waals surface area (Å²) in [5.41, 5.74) is 0. The minimum atomic E-state index is -0.260. The normalized spacial score (nSPS) is 29.3. The number of piperidine rings is 2. The van der Waals surface area contributed by atoms with Gasteiger partial charge in [0, 0.05) is 31.7 Å². The molecule has 0 aromatic heterocycles. The predicted octanol–water partition coefficient (Wildman–Crippen LogP) is -0.0803. The summed E-state index contributed by atoms with van der Waals surface area (Å²) in [7, 11) is 0. The van der Waals surface area contributed by atoms with Crippen molar-refractivity contribution in [3.63, 3.8) is 0 Å². The van der Waals surface area contributed by atoms with E-state index in [1.54, 1.807) is 4.90 Å². The summed E-state index contributed by atoms with van der Waals surface area (Å²) in [4.78, 5) is 13.3. The lowest BCUT2D eigenvalue weighted by atomic mass is 9.99. The Balaban J connectivity index is 1.72. The van der Waals surface area contributed by atoms with Crippen molar-refractivity contribution in [1.82, 2.24) is 15.5 Å². The Kier molecular flexibility index (Phi) is 5.42. The second kappa shape index (κ2) is 7.07. The van der Waals surface area contributed by atoms with Crippen LogP contribution in [0.2, 0.25) is 0 Å². The summed E-state index contributed by atoms with van der Waals surface area (Å²) in [5.74, 6) is 0. The molecule has 0 aromatic rings. The van der Waals surface area contributed by atoms with E-state index in [1.807, 2.05) is 6.92 Å². The van der Waals surface area contributed by atoms with Gasteiger partial charge in [0.1, 0.15) is 0 Å². The fourth-order valence-corrected chi connectivity index (χ4v) is 2.76. The molecule has 6 heteroatoms. The van der Waals surface area contributed by atoms with Crippen LogP contribution < -0.4 is 10.6 Å². The summed E-state index contributed by atoms with van der Waals surface area (Å²) in [6.45, 7) is 5.42. The Morgan fingerprint density at radius 2 is 2.16 bits per heavy atom. The van der Waals surface area contributed by atoms with Gasteiger partial charge < -0.3 is 25.4 Å². The molecule has 2 heterocycles. The Hall–Kier alpha value is -0.850. The number of aliphatic hydroxyl groups excluding tert-OH is 1. The van der Waals surface area contributed by atoms with Crippen LogP contribution >= 0.6 is 0 Å². The summed E-state index contributed by atoms with van der Waals surface area (Å²) < 4.78 is 5.00. The van der Waals surface area contributed by atoms with Crippen molar-refractivity contribution in [2.45, 2.75) is 44.4 Å². The maximum absolute atomic E-state index is 11.6. The smallest absolute Gasteiger partial charge is 0.409 e. The Labute approximate surface area is 114 Å². The molecule has 2 saturated heterocycles. The monoisotopic (exact) mass is 271 g/mol. The van der Waals surface area contributed by atoms with Crippen molar-refractivity contribution < 1.29 is 14.6 Å². The lowest BCUT2D eigenvalue weighted by Crippen LogP contribution is -2.57. The second-order valence-electron chi connectivity index (χ2n) is 5.29. The van der Waals surface area contributed by atoms with E-state index in [0.717, 1.165) is 45.4 Å². The van der Waals surface area contributed by atoms with Crippen molar-refractivity contribution in [3.05, 3.63) is 0 Å². The molecule has 0 unspecified atom stereocenters. The maximum Gasteiger partial charge on any atom is 0.409 e. The van der Waals surface area contributed by atoms with Crippen LogP contribution in [-0.4, -0.2) is 67.1 Å². The highest BCUT2D eigenvalue weighted by molar-refractivity contribution is 5.67. The molecule has 2 fully saturated rings. The van der Waals surface area contributed by atoms with E-state index in [4.69, 9.17) is 4.74 Å². The van der Waals surface area contributed by atoms with Crippen LogP contribution in [0.25, 0.3) is 0 Å². The first kappa shape index (κ1) is 14.6. The van der Waals surface area contributed by atoms with E-state index in [9.17, 15) is 9.90 Å². The molecule has 0 aliphatic carbocycles. The molecule has 2 rings (SSSR count). The molecular formula is C13H25N3O3. The van der Waals surface area contributed by atoms with Crippen LogP contribution in [0.3, 0.4) is 0 Å². The summed E-state index contributed by atoms with van der Waals surface area (Å²) in [6.07, 6.45) is 2.17. The van der Waals surface area contributed by atoms with Crippen LogP contribution in [0.1, 0.15) is 26.2 Å². The fraction of sp³-hybridized carbons (Fsp3) is 0.923. The zero-order valence-corrected chi connectivity index (χ0v) is 11.6. The molecule has 0 radical (unpaired) electrons. The van der Waals surface area contributed by atoms with Gasteiger partial charge in [-0.15, -0.1) is 0 Å². The molecule has 6 nitrogen and oxygen atoms in total. The number of ether oxygens (including phenoxy) is 1. The molecule has 2 aliphatic heterocycles. The highest BCUT2D eigenvalue weighted by Crippen LogP contribution is 2.14. The van der Waals surface area contributed by atoms with Crippen LogP contribution in [0.15, 0.2) is 0 Å². The third-order valence-electron chi connectivity index (χ3n) is 3.92. The van der Waals surface area contributed by atoms with E-state index < -0.39 is 0 Å². The summed E-state index contributed by atoms with van der Waals surface area (Å²) in [6, 6.07) is 0.512. The van der Waals surface area contributed by atoms with Gasteiger partial charge in [-0.05, 0) is 32.7 Å². The number of likely N-dealkylation sites (tertiary alicyclic amines) is 1. The topological polar surface area (TPSA) is 73.8 Å². The number of rotatable bonds is 3.